The van der Waals surface area contributed by atoms with Crippen LogP contribution in [0.2, 0.25) is 5.02 Å². The average molecular weight is 455 g/mol. The molecule has 0 radical (unpaired) electrons. The Balaban J connectivity index is 1.93. The van der Waals surface area contributed by atoms with Gasteiger partial charge in [0.1, 0.15) is 12.3 Å². The summed E-state index contributed by atoms with van der Waals surface area (Å²) in [6, 6.07) is 9.43. The number of hydrogen-bond acceptors (Lipinski definition) is 6. The molecule has 30 heavy (non-hydrogen) atoms. The normalized spacial score (nSPS) is 11.3. The molecule has 0 saturated heterocycles. The van der Waals surface area contributed by atoms with Crippen molar-refractivity contribution in [3.05, 3.63) is 52.5 Å². The maximum atomic E-state index is 12.5. The summed E-state index contributed by atoms with van der Waals surface area (Å²) >= 11 is 6.03. The van der Waals surface area contributed by atoms with Crippen molar-refractivity contribution in [2.75, 3.05) is 32.6 Å². The van der Waals surface area contributed by atoms with E-state index >= 15 is 0 Å². The zero-order chi connectivity index (χ0) is 22.5. The molecule has 162 valence electrons. The molecule has 0 atom stereocenters. The van der Waals surface area contributed by atoms with E-state index in [0.717, 1.165) is 15.4 Å². The van der Waals surface area contributed by atoms with Crippen molar-refractivity contribution in [1.82, 2.24) is 4.31 Å². The molecule has 10 heteroatoms. The predicted octanol–water partition coefficient (Wildman–Crippen LogP) is 2.77. The van der Waals surface area contributed by atoms with Crippen LogP contribution in [0, 0.1) is 13.8 Å². The van der Waals surface area contributed by atoms with E-state index in [1.165, 1.54) is 26.3 Å². The largest absolute Gasteiger partial charge is 0.495 e. The number of nitrogens with zero attached hydrogens (tertiary/aromatic N) is 1. The fraction of sp³-hybridized carbons (Fsp3) is 0.300. The number of methoxy groups -OCH3 is 1. The predicted molar refractivity (Wildman–Crippen MR) is 113 cm³/mol. The quantitative estimate of drug-likeness (QED) is 0.615. The van der Waals surface area contributed by atoms with Crippen LogP contribution in [0.15, 0.2) is 41.3 Å². The number of sulfonamides is 1. The molecule has 2 aromatic rings. The van der Waals surface area contributed by atoms with Crippen LogP contribution >= 0.6 is 11.6 Å². The highest BCUT2D eigenvalue weighted by Gasteiger charge is 2.24. The van der Waals surface area contributed by atoms with E-state index in [1.54, 1.807) is 31.2 Å². The average Bonchev–Trinajstić information content (AvgIpc) is 2.69. The molecule has 1 amide bonds. The molecule has 0 heterocycles. The van der Waals surface area contributed by atoms with Crippen LogP contribution in [-0.4, -0.2) is 51.9 Å². The highest BCUT2D eigenvalue weighted by Crippen LogP contribution is 2.30. The molecule has 0 bridgehead atoms. The summed E-state index contributed by atoms with van der Waals surface area (Å²) in [6.07, 6.45) is 0. The number of likely N-dealkylation sites (N-methyl/N-ethyl adjacent to an activating group) is 1. The third-order valence-corrected chi connectivity index (χ3v) is 6.42. The van der Waals surface area contributed by atoms with Gasteiger partial charge in [0, 0.05) is 18.1 Å². The van der Waals surface area contributed by atoms with Gasteiger partial charge in [-0.2, -0.15) is 4.31 Å². The SMILES string of the molecule is COc1cc(Cl)c(C)cc1NC(=O)COC(=O)CN(C)S(=O)(=O)c1ccc(C)cc1. The van der Waals surface area contributed by atoms with Crippen LogP contribution < -0.4 is 10.1 Å². The Morgan fingerprint density at radius 3 is 2.37 bits per heavy atom. The molecule has 8 nitrogen and oxygen atoms in total. The second kappa shape index (κ2) is 9.92. The Labute approximate surface area is 180 Å². The number of halogens is 1. The van der Waals surface area contributed by atoms with Crippen molar-refractivity contribution in [2.45, 2.75) is 18.7 Å². The minimum Gasteiger partial charge on any atom is -0.495 e. The fourth-order valence-corrected chi connectivity index (χ4v) is 3.73. The summed E-state index contributed by atoms with van der Waals surface area (Å²) in [6.45, 7) is 2.49. The van der Waals surface area contributed by atoms with Crippen LogP contribution in [0.4, 0.5) is 5.69 Å². The van der Waals surface area contributed by atoms with E-state index in [2.05, 4.69) is 5.32 Å². The van der Waals surface area contributed by atoms with Crippen LogP contribution in [-0.2, 0) is 24.3 Å². The maximum absolute atomic E-state index is 12.5. The molecule has 2 rings (SSSR count). The van der Waals surface area contributed by atoms with Crippen molar-refractivity contribution in [3.63, 3.8) is 0 Å². The number of carbonyl (C=O) groups excluding carboxylic acids is 2. The number of esters is 1. The Hall–Kier alpha value is -2.62. The Bertz CT molecular complexity index is 1040. The van der Waals surface area contributed by atoms with Gasteiger partial charge in [-0.05, 0) is 37.6 Å². The van der Waals surface area contributed by atoms with E-state index in [4.69, 9.17) is 21.1 Å². The maximum Gasteiger partial charge on any atom is 0.321 e. The Kier molecular flexibility index (Phi) is 7.83. The molecule has 0 spiro atoms. The molecule has 0 aliphatic carbocycles. The van der Waals surface area contributed by atoms with E-state index in [1.807, 2.05) is 6.92 Å². The zero-order valence-corrected chi connectivity index (χ0v) is 18.6. The molecule has 0 aliphatic heterocycles. The number of rotatable bonds is 8. The first-order valence-corrected chi connectivity index (χ1v) is 10.7. The van der Waals surface area contributed by atoms with Gasteiger partial charge in [-0.25, -0.2) is 8.42 Å². The lowest BCUT2D eigenvalue weighted by molar-refractivity contribution is -0.147. The molecular weight excluding hydrogens is 432 g/mol. The monoisotopic (exact) mass is 454 g/mol. The van der Waals surface area contributed by atoms with Crippen LogP contribution in [0.5, 0.6) is 5.75 Å². The van der Waals surface area contributed by atoms with Gasteiger partial charge in [0.2, 0.25) is 10.0 Å². The van der Waals surface area contributed by atoms with Crippen molar-refractivity contribution >= 4 is 39.2 Å². The molecule has 0 saturated carbocycles. The summed E-state index contributed by atoms with van der Waals surface area (Å²) in [5, 5.41) is 3.05. The summed E-state index contributed by atoms with van der Waals surface area (Å²) in [4.78, 5) is 24.2. The van der Waals surface area contributed by atoms with Gasteiger partial charge in [-0.1, -0.05) is 29.3 Å². The summed E-state index contributed by atoms with van der Waals surface area (Å²) in [5.74, 6) is -1.11. The first-order valence-electron chi connectivity index (χ1n) is 8.87. The second-order valence-electron chi connectivity index (χ2n) is 6.58. The number of aryl methyl sites for hydroxylation is 2. The van der Waals surface area contributed by atoms with Crippen molar-refractivity contribution in [2.24, 2.45) is 0 Å². The van der Waals surface area contributed by atoms with E-state index in [9.17, 15) is 18.0 Å². The summed E-state index contributed by atoms with van der Waals surface area (Å²) < 4.78 is 35.9. The minimum absolute atomic E-state index is 0.0614. The lowest BCUT2D eigenvalue weighted by Gasteiger charge is -2.17. The van der Waals surface area contributed by atoms with Gasteiger partial charge in [0.05, 0.1) is 17.7 Å². The van der Waals surface area contributed by atoms with Crippen LogP contribution in [0.25, 0.3) is 0 Å². The molecule has 0 aromatic heterocycles. The van der Waals surface area contributed by atoms with Gasteiger partial charge in [0.25, 0.3) is 5.91 Å². The third-order valence-electron chi connectivity index (χ3n) is 4.20. The molecule has 0 unspecified atom stereocenters. The summed E-state index contributed by atoms with van der Waals surface area (Å²) in [7, 11) is -1.16. The number of hydrogen-bond donors (Lipinski definition) is 1. The second-order valence-corrected chi connectivity index (χ2v) is 9.04. The molecule has 1 N–H and O–H groups in total. The molecule has 0 aliphatic rings. The van der Waals surface area contributed by atoms with Gasteiger partial charge < -0.3 is 14.8 Å². The zero-order valence-electron chi connectivity index (χ0n) is 17.1. The summed E-state index contributed by atoms with van der Waals surface area (Å²) in [5.41, 5.74) is 2.02. The number of carbonyl (C=O) groups is 2. The van der Waals surface area contributed by atoms with Crippen LogP contribution in [0.1, 0.15) is 11.1 Å². The Morgan fingerprint density at radius 2 is 1.77 bits per heavy atom. The first kappa shape index (κ1) is 23.7. The number of anilines is 1. The number of nitrogens with one attached hydrogen (secondary N) is 1. The lowest BCUT2D eigenvalue weighted by Crippen LogP contribution is -2.34. The number of ether oxygens (including phenoxy) is 2. The highest BCUT2D eigenvalue weighted by atomic mass is 35.5. The molecule has 0 fully saturated rings. The Morgan fingerprint density at radius 1 is 1.13 bits per heavy atom. The number of amides is 1. The first-order chi connectivity index (χ1) is 14.0. The van der Waals surface area contributed by atoms with Gasteiger partial charge in [0.15, 0.2) is 6.61 Å². The van der Waals surface area contributed by atoms with Crippen molar-refractivity contribution in [3.8, 4) is 5.75 Å². The van der Waals surface area contributed by atoms with Crippen molar-refractivity contribution in [1.29, 1.82) is 0 Å². The molecular formula is C20H23ClN2O6S. The molecule has 2 aromatic carbocycles. The number of benzene rings is 2. The van der Waals surface area contributed by atoms with E-state index < -0.39 is 35.1 Å². The van der Waals surface area contributed by atoms with Gasteiger partial charge in [-0.15, -0.1) is 0 Å². The lowest BCUT2D eigenvalue weighted by atomic mass is 10.2. The van der Waals surface area contributed by atoms with Gasteiger partial charge >= 0.3 is 5.97 Å². The topological polar surface area (TPSA) is 102 Å². The third kappa shape index (κ3) is 5.94. The van der Waals surface area contributed by atoms with Gasteiger partial charge in [-0.3, -0.25) is 9.59 Å². The van der Waals surface area contributed by atoms with E-state index in [-0.39, 0.29) is 4.90 Å². The highest BCUT2D eigenvalue weighted by molar-refractivity contribution is 7.89. The smallest absolute Gasteiger partial charge is 0.321 e. The minimum atomic E-state index is -3.85. The van der Waals surface area contributed by atoms with Crippen molar-refractivity contribution < 1.29 is 27.5 Å². The van der Waals surface area contributed by atoms with Crippen LogP contribution in [0.3, 0.4) is 0 Å². The fourth-order valence-electron chi connectivity index (χ4n) is 2.46. The van der Waals surface area contributed by atoms with E-state index in [0.29, 0.717) is 16.5 Å². The standard InChI is InChI=1S/C20H23ClN2O6S/c1-13-5-7-15(8-6-13)30(26,27)23(3)11-20(25)29-12-19(24)22-17-9-14(2)16(21)10-18(17)28-4/h5-10H,11-12H2,1-4H3,(H,22,24).